The van der Waals surface area contributed by atoms with E-state index in [0.717, 1.165) is 0 Å². The predicted molar refractivity (Wildman–Crippen MR) is 45.4 cm³/mol. The van der Waals surface area contributed by atoms with Crippen molar-refractivity contribution in [1.82, 2.24) is 0 Å². The van der Waals surface area contributed by atoms with E-state index in [1.54, 1.807) is 14.1 Å². The zero-order valence-electron chi connectivity index (χ0n) is 8.49. The minimum absolute atomic E-state index is 0.0581. The Labute approximate surface area is 77.8 Å². The van der Waals surface area contributed by atoms with Crippen molar-refractivity contribution in [1.29, 1.82) is 0 Å². The maximum Gasteiger partial charge on any atom is 0.363 e. The molecule has 0 atom stereocenters. The van der Waals surface area contributed by atoms with E-state index >= 15 is 0 Å². The Bertz CT molecular complexity index is 200. The summed E-state index contributed by atoms with van der Waals surface area (Å²) in [5.74, 6) is -0.685. The van der Waals surface area contributed by atoms with Crippen LogP contribution in [0.5, 0.6) is 0 Å². The van der Waals surface area contributed by atoms with Gasteiger partial charge in [-0.3, -0.25) is 9.63 Å². The first-order valence-corrected chi connectivity index (χ1v) is 4.00. The van der Waals surface area contributed by atoms with Gasteiger partial charge in [0.05, 0.1) is 0 Å². The maximum absolute atomic E-state index is 10.6. The number of quaternary nitrogens is 1. The first-order valence-electron chi connectivity index (χ1n) is 4.00. The molecule has 0 rings (SSSR count). The number of hydrogen-bond donors (Lipinski definition) is 0. The molecular formula is C8H16NO4+. The summed E-state index contributed by atoms with van der Waals surface area (Å²) in [5, 5.41) is 0. The molecule has 0 saturated carbocycles. The first kappa shape index (κ1) is 11.9. The van der Waals surface area contributed by atoms with Crippen LogP contribution >= 0.6 is 0 Å². The number of ether oxygens (including phenoxy) is 1. The van der Waals surface area contributed by atoms with Crippen LogP contribution in [-0.2, 0) is 19.2 Å². The van der Waals surface area contributed by atoms with Crippen molar-refractivity contribution in [2.45, 2.75) is 13.8 Å². The van der Waals surface area contributed by atoms with Crippen LogP contribution in [0.25, 0.3) is 0 Å². The Morgan fingerprint density at radius 1 is 1.15 bits per heavy atom. The molecule has 13 heavy (non-hydrogen) atoms. The number of nitrogens with zero attached hydrogens (tertiary/aromatic N) is 1. The molecule has 0 fully saturated rings. The summed E-state index contributed by atoms with van der Waals surface area (Å²) >= 11 is 0. The zero-order chi connectivity index (χ0) is 10.5. The molecule has 0 aliphatic heterocycles. The fourth-order valence-electron chi connectivity index (χ4n) is 0.803. The predicted octanol–water partition coefficient (Wildman–Crippen LogP) is 0.104. The van der Waals surface area contributed by atoms with E-state index in [1.165, 1.54) is 13.8 Å². The van der Waals surface area contributed by atoms with E-state index in [2.05, 4.69) is 0 Å². The van der Waals surface area contributed by atoms with E-state index in [9.17, 15) is 9.59 Å². The van der Waals surface area contributed by atoms with Crippen LogP contribution in [0.3, 0.4) is 0 Å². The van der Waals surface area contributed by atoms with Gasteiger partial charge in [-0.25, -0.2) is 4.79 Å². The summed E-state index contributed by atoms with van der Waals surface area (Å²) in [6.45, 7) is 3.37. The summed E-state index contributed by atoms with van der Waals surface area (Å²) in [6.07, 6.45) is 0. The molecule has 5 nitrogen and oxygen atoms in total. The Hall–Kier alpha value is -1.10. The molecule has 0 amide bonds. The van der Waals surface area contributed by atoms with Gasteiger partial charge in [-0.1, -0.05) is 0 Å². The Morgan fingerprint density at radius 3 is 2.08 bits per heavy atom. The lowest BCUT2D eigenvalue weighted by Gasteiger charge is -2.24. The van der Waals surface area contributed by atoms with Crippen molar-refractivity contribution in [2.24, 2.45) is 0 Å². The normalized spacial score (nSPS) is 10.8. The SMILES string of the molecule is CC(=O)OCC[N+](C)(C)OC(C)=O. The second-order valence-corrected chi connectivity index (χ2v) is 3.22. The molecule has 76 valence electrons. The molecular weight excluding hydrogens is 174 g/mol. The summed E-state index contributed by atoms with van der Waals surface area (Å²) < 4.78 is 4.77. The van der Waals surface area contributed by atoms with Crippen molar-refractivity contribution in [3.05, 3.63) is 0 Å². The minimum atomic E-state index is -0.354. The van der Waals surface area contributed by atoms with Gasteiger partial charge in [0.25, 0.3) is 0 Å². The van der Waals surface area contributed by atoms with Crippen molar-refractivity contribution >= 4 is 11.9 Å². The number of hydrogen-bond acceptors (Lipinski definition) is 4. The molecule has 0 unspecified atom stereocenters. The van der Waals surface area contributed by atoms with Gasteiger partial charge in [-0.05, 0) is 0 Å². The van der Waals surface area contributed by atoms with E-state index < -0.39 is 0 Å². The number of hydroxylamine groups is 3. The molecule has 0 heterocycles. The zero-order valence-corrected chi connectivity index (χ0v) is 8.49. The van der Waals surface area contributed by atoms with Crippen LogP contribution in [0.15, 0.2) is 0 Å². The first-order chi connectivity index (χ1) is 5.83. The molecule has 0 aliphatic carbocycles. The molecule has 0 aliphatic rings. The van der Waals surface area contributed by atoms with Crippen LogP contribution in [0.1, 0.15) is 13.8 Å². The average Bonchev–Trinajstić information content (AvgIpc) is 1.81. The summed E-state index contributed by atoms with van der Waals surface area (Å²) in [4.78, 5) is 26.0. The van der Waals surface area contributed by atoms with Crippen LogP contribution in [0.4, 0.5) is 0 Å². The average molecular weight is 190 g/mol. The molecule has 0 bridgehead atoms. The molecule has 0 saturated heterocycles. The molecule has 0 aromatic heterocycles. The van der Waals surface area contributed by atoms with E-state index in [0.29, 0.717) is 6.54 Å². The van der Waals surface area contributed by atoms with Gasteiger partial charge < -0.3 is 4.74 Å². The van der Waals surface area contributed by atoms with Crippen molar-refractivity contribution in [2.75, 3.05) is 27.2 Å². The highest BCUT2D eigenvalue weighted by molar-refractivity contribution is 5.66. The van der Waals surface area contributed by atoms with E-state index in [4.69, 9.17) is 9.57 Å². The molecule has 0 N–H and O–H groups in total. The van der Waals surface area contributed by atoms with Crippen LogP contribution in [0, 0.1) is 0 Å². The quantitative estimate of drug-likeness (QED) is 0.358. The van der Waals surface area contributed by atoms with E-state index in [1.807, 2.05) is 0 Å². The standard InChI is InChI=1S/C8H16NO4/c1-7(10)12-6-5-9(3,4)13-8(2)11/h5-6H2,1-4H3/q+1. The second-order valence-electron chi connectivity index (χ2n) is 3.22. The van der Waals surface area contributed by atoms with Gasteiger partial charge in [-0.2, -0.15) is 0 Å². The number of carbonyl (C=O) groups is 2. The largest absolute Gasteiger partial charge is 0.460 e. The Balaban J connectivity index is 3.75. The fraction of sp³-hybridized carbons (Fsp3) is 0.750. The van der Waals surface area contributed by atoms with Gasteiger partial charge in [-0.15, -0.1) is 4.65 Å². The van der Waals surface area contributed by atoms with Gasteiger partial charge in [0.1, 0.15) is 20.7 Å². The van der Waals surface area contributed by atoms with Crippen LogP contribution < -0.4 is 0 Å². The topological polar surface area (TPSA) is 52.6 Å². The molecule has 5 heteroatoms. The number of esters is 1. The highest BCUT2D eigenvalue weighted by Gasteiger charge is 2.19. The van der Waals surface area contributed by atoms with Crippen molar-refractivity contribution in [3.63, 3.8) is 0 Å². The van der Waals surface area contributed by atoms with Gasteiger partial charge in [0, 0.05) is 13.8 Å². The number of likely N-dealkylation sites (N-methyl/N-ethyl adjacent to an activating group) is 1. The van der Waals surface area contributed by atoms with E-state index in [-0.39, 0.29) is 23.2 Å². The summed E-state index contributed by atoms with van der Waals surface area (Å²) in [5.41, 5.74) is 0. The smallest absolute Gasteiger partial charge is 0.363 e. The lowest BCUT2D eigenvalue weighted by atomic mass is 10.6. The fourth-order valence-corrected chi connectivity index (χ4v) is 0.803. The maximum atomic E-state index is 10.6. The third-order valence-corrected chi connectivity index (χ3v) is 1.31. The lowest BCUT2D eigenvalue weighted by molar-refractivity contribution is -1.06. The highest BCUT2D eigenvalue weighted by Crippen LogP contribution is 1.98. The summed E-state index contributed by atoms with van der Waals surface area (Å²) in [7, 11) is 3.43. The highest BCUT2D eigenvalue weighted by atomic mass is 16.7. The monoisotopic (exact) mass is 190 g/mol. The molecule has 0 aromatic carbocycles. The van der Waals surface area contributed by atoms with Crippen LogP contribution in [0.2, 0.25) is 0 Å². The Morgan fingerprint density at radius 2 is 1.69 bits per heavy atom. The number of carbonyl (C=O) groups excluding carboxylic acids is 2. The third-order valence-electron chi connectivity index (χ3n) is 1.31. The molecule has 0 aromatic rings. The van der Waals surface area contributed by atoms with Gasteiger partial charge >= 0.3 is 11.9 Å². The van der Waals surface area contributed by atoms with Crippen molar-refractivity contribution < 1.29 is 23.8 Å². The summed E-state index contributed by atoms with van der Waals surface area (Å²) in [6, 6.07) is 0. The lowest BCUT2D eigenvalue weighted by Crippen LogP contribution is -2.43. The van der Waals surface area contributed by atoms with Crippen molar-refractivity contribution in [3.8, 4) is 0 Å². The molecule has 0 spiro atoms. The third kappa shape index (κ3) is 7.27. The molecule has 0 radical (unpaired) electrons. The second kappa shape index (κ2) is 4.81. The van der Waals surface area contributed by atoms with Crippen LogP contribution in [-0.4, -0.2) is 43.8 Å². The van der Waals surface area contributed by atoms with Gasteiger partial charge in [0.15, 0.2) is 6.54 Å². The van der Waals surface area contributed by atoms with Gasteiger partial charge in [0.2, 0.25) is 0 Å². The Kier molecular flexibility index (Phi) is 4.40. The number of rotatable bonds is 4. The minimum Gasteiger partial charge on any atom is -0.460 e.